The molecular formula is C15H11BrN2O2. The van der Waals surface area contributed by atoms with Crippen LogP contribution in [0.25, 0.3) is 10.9 Å². The summed E-state index contributed by atoms with van der Waals surface area (Å²) in [4.78, 5) is 19.7. The van der Waals surface area contributed by atoms with E-state index in [0.29, 0.717) is 15.7 Å². The summed E-state index contributed by atoms with van der Waals surface area (Å²) in [5.41, 5.74) is 2.06. The molecule has 0 aliphatic heterocycles. The number of ketones is 1. The van der Waals surface area contributed by atoms with Crippen LogP contribution >= 0.6 is 15.9 Å². The second kappa shape index (κ2) is 5.09. The predicted octanol–water partition coefficient (Wildman–Crippen LogP) is 3.57. The lowest BCUT2D eigenvalue weighted by molar-refractivity contribution is 0.104. The zero-order chi connectivity index (χ0) is 14.1. The van der Waals surface area contributed by atoms with Gasteiger partial charge in [0.05, 0.1) is 7.11 Å². The molecular weight excluding hydrogens is 320 g/mol. The van der Waals surface area contributed by atoms with Crippen LogP contribution in [0.4, 0.5) is 0 Å². The summed E-state index contributed by atoms with van der Waals surface area (Å²) in [7, 11) is 1.61. The summed E-state index contributed by atoms with van der Waals surface area (Å²) in [5, 5.41) is 0.874. The fourth-order valence-electron chi connectivity index (χ4n) is 2.09. The maximum absolute atomic E-state index is 12.5. The molecule has 1 N–H and O–H groups in total. The van der Waals surface area contributed by atoms with Crippen LogP contribution in [-0.4, -0.2) is 22.9 Å². The van der Waals surface area contributed by atoms with E-state index >= 15 is 0 Å². The number of aromatic amines is 1. The van der Waals surface area contributed by atoms with Crippen molar-refractivity contribution >= 4 is 32.6 Å². The molecule has 0 fully saturated rings. The standard InChI is InChI=1S/C15H11BrN2O2/c1-20-10-3-4-11-12(8-17-13(11)6-10)15(19)9-2-5-14(16)18-7-9/h2-8,17H,1H3. The van der Waals surface area contributed by atoms with Crippen molar-refractivity contribution in [3.8, 4) is 5.75 Å². The van der Waals surface area contributed by atoms with Gasteiger partial charge in [-0.25, -0.2) is 4.98 Å². The van der Waals surface area contributed by atoms with Gasteiger partial charge in [0.25, 0.3) is 0 Å². The van der Waals surface area contributed by atoms with Gasteiger partial charge in [0.1, 0.15) is 10.4 Å². The van der Waals surface area contributed by atoms with E-state index in [1.54, 1.807) is 31.6 Å². The Morgan fingerprint density at radius 1 is 1.30 bits per heavy atom. The third kappa shape index (κ3) is 2.20. The van der Waals surface area contributed by atoms with E-state index in [1.165, 1.54) is 0 Å². The number of carbonyl (C=O) groups is 1. The molecule has 3 rings (SSSR count). The Morgan fingerprint density at radius 2 is 2.15 bits per heavy atom. The van der Waals surface area contributed by atoms with E-state index in [9.17, 15) is 4.79 Å². The van der Waals surface area contributed by atoms with Crippen molar-refractivity contribution in [2.45, 2.75) is 0 Å². The molecule has 0 aliphatic carbocycles. The highest BCUT2D eigenvalue weighted by molar-refractivity contribution is 9.10. The van der Waals surface area contributed by atoms with Gasteiger partial charge in [0.15, 0.2) is 5.78 Å². The maximum atomic E-state index is 12.5. The number of rotatable bonds is 3. The number of hydrogen-bond acceptors (Lipinski definition) is 3. The molecule has 0 saturated carbocycles. The largest absolute Gasteiger partial charge is 0.497 e. The van der Waals surface area contributed by atoms with Crippen molar-refractivity contribution in [2.75, 3.05) is 7.11 Å². The van der Waals surface area contributed by atoms with Gasteiger partial charge in [0.2, 0.25) is 0 Å². The zero-order valence-electron chi connectivity index (χ0n) is 10.7. The summed E-state index contributed by atoms with van der Waals surface area (Å²) < 4.78 is 5.88. The summed E-state index contributed by atoms with van der Waals surface area (Å²) in [6, 6.07) is 9.09. The Kier molecular flexibility index (Phi) is 3.28. The van der Waals surface area contributed by atoms with E-state index in [0.717, 1.165) is 16.7 Å². The number of pyridine rings is 1. The van der Waals surface area contributed by atoms with E-state index in [2.05, 4.69) is 25.9 Å². The van der Waals surface area contributed by atoms with Gasteiger partial charge in [-0.2, -0.15) is 0 Å². The number of fused-ring (bicyclic) bond motifs is 1. The molecule has 0 atom stereocenters. The number of aromatic nitrogens is 2. The van der Waals surface area contributed by atoms with Crippen molar-refractivity contribution in [1.29, 1.82) is 0 Å². The first-order valence-electron chi connectivity index (χ1n) is 6.00. The second-order valence-electron chi connectivity index (χ2n) is 4.31. The average molecular weight is 331 g/mol. The molecule has 5 heteroatoms. The molecule has 2 aromatic heterocycles. The van der Waals surface area contributed by atoms with Crippen molar-refractivity contribution in [3.05, 3.63) is 58.5 Å². The highest BCUT2D eigenvalue weighted by atomic mass is 79.9. The molecule has 0 amide bonds. The van der Waals surface area contributed by atoms with E-state index in [-0.39, 0.29) is 5.78 Å². The number of benzene rings is 1. The van der Waals surface area contributed by atoms with E-state index in [1.807, 2.05) is 18.2 Å². The Bertz CT molecular complexity index is 778. The highest BCUT2D eigenvalue weighted by Gasteiger charge is 2.14. The molecule has 0 aliphatic rings. The highest BCUT2D eigenvalue weighted by Crippen LogP contribution is 2.25. The van der Waals surface area contributed by atoms with Gasteiger partial charge in [-0.3, -0.25) is 4.79 Å². The van der Waals surface area contributed by atoms with E-state index < -0.39 is 0 Å². The SMILES string of the molecule is COc1ccc2c(C(=O)c3ccc(Br)nc3)c[nH]c2c1. The third-order valence-electron chi connectivity index (χ3n) is 3.12. The number of methoxy groups -OCH3 is 1. The minimum atomic E-state index is -0.0542. The quantitative estimate of drug-likeness (QED) is 0.590. The topological polar surface area (TPSA) is 55.0 Å². The van der Waals surface area contributed by atoms with Gasteiger partial charge in [-0.15, -0.1) is 0 Å². The monoisotopic (exact) mass is 330 g/mol. The van der Waals surface area contributed by atoms with Crippen molar-refractivity contribution in [2.24, 2.45) is 0 Å². The lowest BCUT2D eigenvalue weighted by atomic mass is 10.0. The molecule has 0 radical (unpaired) electrons. The second-order valence-corrected chi connectivity index (χ2v) is 5.13. The number of nitrogens with zero attached hydrogens (tertiary/aromatic N) is 1. The lowest BCUT2D eigenvalue weighted by Crippen LogP contribution is -2.00. The van der Waals surface area contributed by atoms with Gasteiger partial charge in [-0.05, 0) is 40.2 Å². The van der Waals surface area contributed by atoms with Crippen LogP contribution in [0.5, 0.6) is 5.75 Å². The number of nitrogens with one attached hydrogen (secondary N) is 1. The zero-order valence-corrected chi connectivity index (χ0v) is 12.3. The lowest BCUT2D eigenvalue weighted by Gasteiger charge is -2.01. The van der Waals surface area contributed by atoms with Crippen LogP contribution in [0.15, 0.2) is 47.3 Å². The minimum Gasteiger partial charge on any atom is -0.497 e. The first-order chi connectivity index (χ1) is 9.69. The predicted molar refractivity (Wildman–Crippen MR) is 80.2 cm³/mol. The average Bonchev–Trinajstić information content (AvgIpc) is 2.90. The van der Waals surface area contributed by atoms with Crippen LogP contribution in [0, 0.1) is 0 Å². The molecule has 2 heterocycles. The summed E-state index contributed by atoms with van der Waals surface area (Å²) in [5.74, 6) is 0.699. The van der Waals surface area contributed by atoms with Crippen LogP contribution < -0.4 is 4.74 Å². The number of halogens is 1. The number of carbonyl (C=O) groups excluding carboxylic acids is 1. The van der Waals surface area contributed by atoms with E-state index in [4.69, 9.17) is 4.74 Å². The molecule has 0 saturated heterocycles. The number of hydrogen-bond donors (Lipinski definition) is 1. The Morgan fingerprint density at radius 3 is 2.85 bits per heavy atom. The van der Waals surface area contributed by atoms with Crippen LogP contribution in [0.2, 0.25) is 0 Å². The molecule has 1 aromatic carbocycles. The molecule has 100 valence electrons. The van der Waals surface area contributed by atoms with Crippen molar-refractivity contribution in [1.82, 2.24) is 9.97 Å². The molecule has 0 unspecified atom stereocenters. The summed E-state index contributed by atoms with van der Waals surface area (Å²) >= 11 is 3.26. The molecule has 0 bridgehead atoms. The first kappa shape index (κ1) is 12.9. The smallest absolute Gasteiger partial charge is 0.196 e. The van der Waals surface area contributed by atoms with Crippen molar-refractivity contribution in [3.63, 3.8) is 0 Å². The van der Waals surface area contributed by atoms with Crippen molar-refractivity contribution < 1.29 is 9.53 Å². The minimum absolute atomic E-state index is 0.0542. The molecule has 20 heavy (non-hydrogen) atoms. The molecule has 0 spiro atoms. The van der Waals surface area contributed by atoms with Gasteiger partial charge in [0, 0.05) is 40.5 Å². The van der Waals surface area contributed by atoms with Gasteiger partial charge >= 0.3 is 0 Å². The van der Waals surface area contributed by atoms with Crippen LogP contribution in [0.3, 0.4) is 0 Å². The Hall–Kier alpha value is -2.14. The number of H-pyrrole nitrogens is 1. The Balaban J connectivity index is 2.05. The number of ether oxygens (including phenoxy) is 1. The molecule has 3 aromatic rings. The van der Waals surface area contributed by atoms with Gasteiger partial charge in [-0.1, -0.05) is 0 Å². The summed E-state index contributed by atoms with van der Waals surface area (Å²) in [6.07, 6.45) is 3.28. The maximum Gasteiger partial charge on any atom is 0.196 e. The van der Waals surface area contributed by atoms with Gasteiger partial charge < -0.3 is 9.72 Å². The fraction of sp³-hybridized carbons (Fsp3) is 0.0667. The molecule has 4 nitrogen and oxygen atoms in total. The fourth-order valence-corrected chi connectivity index (χ4v) is 2.32. The first-order valence-corrected chi connectivity index (χ1v) is 6.80. The Labute approximate surface area is 123 Å². The third-order valence-corrected chi connectivity index (χ3v) is 3.59. The normalized spacial score (nSPS) is 10.7. The summed E-state index contributed by atoms with van der Waals surface area (Å²) in [6.45, 7) is 0. The van der Waals surface area contributed by atoms with Crippen LogP contribution in [0.1, 0.15) is 15.9 Å². The van der Waals surface area contributed by atoms with Crippen LogP contribution in [-0.2, 0) is 0 Å².